The van der Waals surface area contributed by atoms with Crippen molar-refractivity contribution in [3.8, 4) is 0 Å². The molecule has 4 rings (SSSR count). The first-order valence-corrected chi connectivity index (χ1v) is 11.3. The van der Waals surface area contributed by atoms with Gasteiger partial charge in [-0.05, 0) is 25.0 Å². The first-order valence-electron chi connectivity index (χ1n) is 8.83. The number of nitrogens with zero attached hydrogens (tertiary/aromatic N) is 4. The van der Waals surface area contributed by atoms with Gasteiger partial charge in [0.2, 0.25) is 21.8 Å². The highest BCUT2D eigenvalue weighted by molar-refractivity contribution is 7.99. The highest BCUT2D eigenvalue weighted by Crippen LogP contribution is 2.39. The van der Waals surface area contributed by atoms with Crippen LogP contribution in [0, 0.1) is 0 Å². The molecule has 10 heteroatoms. The van der Waals surface area contributed by atoms with Crippen LogP contribution in [0.4, 0.5) is 0 Å². The van der Waals surface area contributed by atoms with Gasteiger partial charge in [0.15, 0.2) is 0 Å². The second-order valence-electron chi connectivity index (χ2n) is 6.57. The molecule has 8 nitrogen and oxygen atoms in total. The molecule has 2 fully saturated rings. The van der Waals surface area contributed by atoms with Crippen molar-refractivity contribution in [2.75, 3.05) is 31.9 Å². The molecule has 27 heavy (non-hydrogen) atoms. The van der Waals surface area contributed by atoms with Crippen LogP contribution >= 0.6 is 11.8 Å². The quantitative estimate of drug-likeness (QED) is 0.669. The van der Waals surface area contributed by atoms with Crippen molar-refractivity contribution >= 4 is 27.7 Å². The molecule has 144 valence electrons. The number of hydrogen-bond acceptors (Lipinski definition) is 7. The largest absolute Gasteiger partial charge is 0.416 e. The number of carbonyl (C=O) groups excluding carboxylic acids is 1. The molecule has 2 aliphatic rings. The van der Waals surface area contributed by atoms with Crippen LogP contribution in [-0.4, -0.2) is 65.7 Å². The molecular weight excluding hydrogens is 388 g/mol. The molecule has 1 aliphatic carbocycles. The van der Waals surface area contributed by atoms with E-state index in [-0.39, 0.29) is 16.6 Å². The minimum atomic E-state index is -3.51. The lowest BCUT2D eigenvalue weighted by Gasteiger charge is -2.33. The summed E-state index contributed by atoms with van der Waals surface area (Å²) in [6, 6.07) is 8.37. The zero-order valence-corrected chi connectivity index (χ0v) is 16.3. The number of hydrogen-bond donors (Lipinski definition) is 0. The Labute approximate surface area is 162 Å². The molecule has 0 bridgehead atoms. The highest BCUT2D eigenvalue weighted by Gasteiger charge is 2.31. The van der Waals surface area contributed by atoms with E-state index >= 15 is 0 Å². The SMILES string of the molecule is O=C(CSc1nnc(C2CC2)o1)N1CCN(S(=O)(=O)c2ccccc2)CC1. The van der Waals surface area contributed by atoms with E-state index in [9.17, 15) is 13.2 Å². The van der Waals surface area contributed by atoms with Crippen LogP contribution in [0.3, 0.4) is 0 Å². The van der Waals surface area contributed by atoms with E-state index in [1.54, 1.807) is 35.2 Å². The molecule has 0 N–H and O–H groups in total. The first-order chi connectivity index (χ1) is 13.0. The third-order valence-corrected chi connectivity index (χ3v) is 7.36. The lowest BCUT2D eigenvalue weighted by molar-refractivity contribution is -0.129. The van der Waals surface area contributed by atoms with E-state index in [4.69, 9.17) is 4.42 Å². The summed E-state index contributed by atoms with van der Waals surface area (Å²) in [6.07, 6.45) is 2.17. The molecule has 1 saturated heterocycles. The van der Waals surface area contributed by atoms with Crippen LogP contribution in [0.15, 0.2) is 44.9 Å². The Kier molecular flexibility index (Phi) is 5.20. The standard InChI is InChI=1S/C17H20N4O4S2/c22-15(12-26-17-19-18-16(25-17)13-6-7-13)20-8-10-21(11-9-20)27(23,24)14-4-2-1-3-5-14/h1-5,13H,6-12H2. The summed E-state index contributed by atoms with van der Waals surface area (Å²) in [7, 11) is -3.51. The maximum Gasteiger partial charge on any atom is 0.277 e. The summed E-state index contributed by atoms with van der Waals surface area (Å²) in [6.45, 7) is 1.34. The van der Waals surface area contributed by atoms with Gasteiger partial charge in [-0.15, -0.1) is 10.2 Å². The van der Waals surface area contributed by atoms with Crippen molar-refractivity contribution in [1.82, 2.24) is 19.4 Å². The van der Waals surface area contributed by atoms with E-state index < -0.39 is 10.0 Å². The van der Waals surface area contributed by atoms with Crippen molar-refractivity contribution in [3.05, 3.63) is 36.2 Å². The van der Waals surface area contributed by atoms with Crippen LogP contribution in [-0.2, 0) is 14.8 Å². The Balaban J connectivity index is 1.28. The smallest absolute Gasteiger partial charge is 0.277 e. The Morgan fingerprint density at radius 1 is 1.11 bits per heavy atom. The van der Waals surface area contributed by atoms with Gasteiger partial charge in [-0.2, -0.15) is 4.31 Å². The number of rotatable bonds is 6. The summed E-state index contributed by atoms with van der Waals surface area (Å²) in [5.74, 6) is 1.20. The fourth-order valence-corrected chi connectivity index (χ4v) is 5.02. The topological polar surface area (TPSA) is 96.6 Å². The highest BCUT2D eigenvalue weighted by atomic mass is 32.2. The van der Waals surface area contributed by atoms with Gasteiger partial charge in [0.05, 0.1) is 10.6 Å². The van der Waals surface area contributed by atoms with E-state index in [1.807, 2.05) is 0 Å². The Morgan fingerprint density at radius 3 is 2.48 bits per heavy atom. The normalized spacial score (nSPS) is 18.6. The predicted molar refractivity (Wildman–Crippen MR) is 98.8 cm³/mol. The maximum atomic E-state index is 12.6. The number of piperazine rings is 1. The van der Waals surface area contributed by atoms with Crippen molar-refractivity contribution in [2.45, 2.75) is 28.9 Å². The number of benzene rings is 1. The Bertz CT molecular complexity index is 904. The minimum Gasteiger partial charge on any atom is -0.416 e. The molecule has 2 aromatic rings. The molecule has 1 amide bonds. The second kappa shape index (κ2) is 7.61. The van der Waals surface area contributed by atoms with Gasteiger partial charge in [0, 0.05) is 32.1 Å². The third-order valence-electron chi connectivity index (χ3n) is 4.64. The van der Waals surface area contributed by atoms with E-state index in [2.05, 4.69) is 10.2 Å². The summed E-state index contributed by atoms with van der Waals surface area (Å²) in [5, 5.41) is 8.37. The van der Waals surface area contributed by atoms with E-state index in [0.29, 0.717) is 43.2 Å². The number of amides is 1. The molecule has 1 aromatic heterocycles. The minimum absolute atomic E-state index is 0.0528. The van der Waals surface area contributed by atoms with Crippen molar-refractivity contribution in [1.29, 1.82) is 0 Å². The third kappa shape index (κ3) is 4.17. The second-order valence-corrected chi connectivity index (χ2v) is 9.43. The number of sulfonamides is 1. The summed E-state index contributed by atoms with van der Waals surface area (Å²) in [5.41, 5.74) is 0. The zero-order valence-electron chi connectivity index (χ0n) is 14.7. The van der Waals surface area contributed by atoms with Gasteiger partial charge in [-0.25, -0.2) is 8.42 Å². The lowest BCUT2D eigenvalue weighted by atomic mass is 10.3. The summed E-state index contributed by atoms with van der Waals surface area (Å²) < 4.78 is 32.2. The zero-order chi connectivity index (χ0) is 18.9. The Morgan fingerprint density at radius 2 is 1.81 bits per heavy atom. The first kappa shape index (κ1) is 18.5. The molecular formula is C17H20N4O4S2. The summed E-state index contributed by atoms with van der Waals surface area (Å²) in [4.78, 5) is 14.4. The summed E-state index contributed by atoms with van der Waals surface area (Å²) >= 11 is 1.23. The fraction of sp³-hybridized carbons (Fsp3) is 0.471. The fourth-order valence-electron chi connectivity index (χ4n) is 2.91. The van der Waals surface area contributed by atoms with Crippen LogP contribution in [0.5, 0.6) is 0 Å². The van der Waals surface area contributed by atoms with Gasteiger partial charge >= 0.3 is 0 Å². The molecule has 0 atom stereocenters. The van der Waals surface area contributed by atoms with Crippen LogP contribution in [0.1, 0.15) is 24.7 Å². The number of thioether (sulfide) groups is 1. The van der Waals surface area contributed by atoms with Crippen molar-refractivity contribution in [2.24, 2.45) is 0 Å². The van der Waals surface area contributed by atoms with Gasteiger partial charge in [-0.3, -0.25) is 4.79 Å². The molecule has 0 unspecified atom stereocenters. The van der Waals surface area contributed by atoms with Crippen LogP contribution < -0.4 is 0 Å². The molecule has 0 spiro atoms. The maximum absolute atomic E-state index is 12.6. The molecule has 2 heterocycles. The van der Waals surface area contributed by atoms with E-state index in [1.165, 1.54) is 16.1 Å². The van der Waals surface area contributed by atoms with Crippen molar-refractivity contribution in [3.63, 3.8) is 0 Å². The van der Waals surface area contributed by atoms with Crippen molar-refractivity contribution < 1.29 is 17.6 Å². The molecule has 1 aromatic carbocycles. The van der Waals surface area contributed by atoms with Gasteiger partial charge in [-0.1, -0.05) is 30.0 Å². The number of carbonyl (C=O) groups is 1. The molecule has 1 aliphatic heterocycles. The molecule has 1 saturated carbocycles. The monoisotopic (exact) mass is 408 g/mol. The molecule has 0 radical (unpaired) electrons. The van der Waals surface area contributed by atoms with Crippen LogP contribution in [0.25, 0.3) is 0 Å². The van der Waals surface area contributed by atoms with Gasteiger partial charge in [0.1, 0.15) is 0 Å². The lowest BCUT2D eigenvalue weighted by Crippen LogP contribution is -2.50. The average molecular weight is 409 g/mol. The average Bonchev–Trinajstić information content (AvgIpc) is 3.45. The van der Waals surface area contributed by atoms with Gasteiger partial charge < -0.3 is 9.32 Å². The Hall–Kier alpha value is -1.91. The van der Waals surface area contributed by atoms with Crippen LogP contribution in [0.2, 0.25) is 0 Å². The van der Waals surface area contributed by atoms with Gasteiger partial charge in [0.25, 0.3) is 5.22 Å². The van der Waals surface area contributed by atoms with E-state index in [0.717, 1.165) is 12.8 Å². The number of aromatic nitrogens is 2. The predicted octanol–water partition coefficient (Wildman–Crippen LogP) is 1.57.